The first-order chi connectivity index (χ1) is 13.7. The molecule has 0 bridgehead atoms. The number of halogens is 2. The molecule has 0 aromatic heterocycles. The van der Waals surface area contributed by atoms with Gasteiger partial charge in [0, 0.05) is 21.1 Å². The van der Waals surface area contributed by atoms with Crippen LogP contribution in [0.2, 0.25) is 5.02 Å². The van der Waals surface area contributed by atoms with Crippen molar-refractivity contribution in [3.63, 3.8) is 0 Å². The molecule has 1 fully saturated rings. The first-order valence-electron chi connectivity index (χ1n) is 8.70. The number of imide groups is 1. The van der Waals surface area contributed by atoms with Crippen LogP contribution >= 0.6 is 27.5 Å². The van der Waals surface area contributed by atoms with Gasteiger partial charge in [-0.2, -0.15) is 0 Å². The Morgan fingerprint density at radius 2 is 2.00 bits per heavy atom. The number of aryl methyl sites for hydroxylation is 1. The van der Waals surface area contributed by atoms with Crippen LogP contribution in [-0.4, -0.2) is 36.4 Å². The fraction of sp³-hybridized carbons (Fsp3) is 0.250. The monoisotopic (exact) mass is 479 g/mol. The second kappa shape index (κ2) is 8.04. The van der Waals surface area contributed by atoms with Gasteiger partial charge in [-0.15, -0.1) is 0 Å². The third kappa shape index (κ3) is 3.95. The van der Waals surface area contributed by atoms with Crippen molar-refractivity contribution in [3.8, 4) is 5.75 Å². The lowest BCUT2D eigenvalue weighted by molar-refractivity contribution is -0.133. The van der Waals surface area contributed by atoms with Gasteiger partial charge in [0.25, 0.3) is 5.91 Å². The van der Waals surface area contributed by atoms with Crippen molar-refractivity contribution in [3.05, 3.63) is 57.0 Å². The average Bonchev–Trinajstić information content (AvgIpc) is 2.88. The van der Waals surface area contributed by atoms with E-state index in [1.165, 1.54) is 7.11 Å². The minimum Gasteiger partial charge on any atom is -0.495 e. The fourth-order valence-electron chi connectivity index (χ4n) is 3.15. The highest BCUT2D eigenvalue weighted by molar-refractivity contribution is 9.10. The van der Waals surface area contributed by atoms with E-state index >= 15 is 0 Å². The molecule has 1 unspecified atom stereocenters. The minimum atomic E-state index is -1.27. The van der Waals surface area contributed by atoms with Crippen molar-refractivity contribution in [2.45, 2.75) is 19.4 Å². The molecule has 4 amide bonds. The molecule has 2 N–H and O–H groups in total. The summed E-state index contributed by atoms with van der Waals surface area (Å²) in [6, 6.07) is 9.72. The van der Waals surface area contributed by atoms with Gasteiger partial charge in [0.05, 0.1) is 12.8 Å². The molecular formula is C20H19BrClN3O4. The summed E-state index contributed by atoms with van der Waals surface area (Å²) in [6.45, 7) is 2.96. The molecule has 1 aliphatic heterocycles. The zero-order valence-electron chi connectivity index (χ0n) is 16.0. The zero-order chi connectivity index (χ0) is 21.3. The highest BCUT2D eigenvalue weighted by Crippen LogP contribution is 2.34. The van der Waals surface area contributed by atoms with Crippen molar-refractivity contribution < 1.29 is 19.1 Å². The quantitative estimate of drug-likeness (QED) is 0.637. The average molecular weight is 481 g/mol. The van der Waals surface area contributed by atoms with Gasteiger partial charge in [0.15, 0.2) is 0 Å². The Balaban J connectivity index is 1.80. The Hall–Kier alpha value is -2.58. The van der Waals surface area contributed by atoms with E-state index in [2.05, 4.69) is 26.6 Å². The standard InChI is InChI=1S/C20H19BrClN3O4/c1-11-8-15(16(29-3)9-14(11)22)23-17(26)10-25-18(27)20(2,24-19(25)28)12-6-4-5-7-13(12)21/h4-9H,10H2,1-3H3,(H,23,26)(H,24,28). The number of hydrogen-bond acceptors (Lipinski definition) is 4. The van der Waals surface area contributed by atoms with Crippen LogP contribution in [-0.2, 0) is 15.1 Å². The largest absolute Gasteiger partial charge is 0.495 e. The van der Waals surface area contributed by atoms with Crippen molar-refractivity contribution in [2.24, 2.45) is 0 Å². The normalized spacial score (nSPS) is 18.6. The van der Waals surface area contributed by atoms with Gasteiger partial charge in [-0.05, 0) is 31.5 Å². The van der Waals surface area contributed by atoms with Gasteiger partial charge in [0.1, 0.15) is 17.8 Å². The lowest BCUT2D eigenvalue weighted by Crippen LogP contribution is -2.42. The number of hydrogen-bond donors (Lipinski definition) is 2. The molecular weight excluding hydrogens is 462 g/mol. The second-order valence-corrected chi connectivity index (χ2v) is 8.04. The highest BCUT2D eigenvalue weighted by Gasteiger charge is 2.50. The maximum atomic E-state index is 13.0. The van der Waals surface area contributed by atoms with Gasteiger partial charge in [-0.1, -0.05) is 45.7 Å². The Bertz CT molecular complexity index is 1010. The van der Waals surface area contributed by atoms with Crippen LogP contribution in [0.3, 0.4) is 0 Å². The third-order valence-corrected chi connectivity index (χ3v) is 5.84. The molecule has 29 heavy (non-hydrogen) atoms. The van der Waals surface area contributed by atoms with E-state index in [1.54, 1.807) is 44.2 Å². The maximum Gasteiger partial charge on any atom is 0.325 e. The van der Waals surface area contributed by atoms with Gasteiger partial charge in [-0.3, -0.25) is 14.5 Å². The summed E-state index contributed by atoms with van der Waals surface area (Å²) in [7, 11) is 1.46. The summed E-state index contributed by atoms with van der Waals surface area (Å²) < 4.78 is 5.92. The molecule has 7 nitrogen and oxygen atoms in total. The van der Waals surface area contributed by atoms with Crippen molar-refractivity contribution in [2.75, 3.05) is 19.0 Å². The molecule has 0 spiro atoms. The van der Waals surface area contributed by atoms with E-state index in [-0.39, 0.29) is 0 Å². The van der Waals surface area contributed by atoms with E-state index < -0.39 is 29.9 Å². The molecule has 1 saturated heterocycles. The fourth-order valence-corrected chi connectivity index (χ4v) is 3.99. The molecule has 9 heteroatoms. The number of carbonyl (C=O) groups excluding carboxylic acids is 3. The summed E-state index contributed by atoms with van der Waals surface area (Å²) >= 11 is 9.48. The number of rotatable bonds is 5. The van der Waals surface area contributed by atoms with Gasteiger partial charge >= 0.3 is 6.03 Å². The Labute approximate surface area is 181 Å². The van der Waals surface area contributed by atoms with E-state index in [0.29, 0.717) is 26.5 Å². The highest BCUT2D eigenvalue weighted by atomic mass is 79.9. The molecule has 2 aromatic rings. The molecule has 1 heterocycles. The molecule has 3 rings (SSSR count). The summed E-state index contributed by atoms with van der Waals surface area (Å²) in [5, 5.41) is 5.85. The molecule has 152 valence electrons. The van der Waals surface area contributed by atoms with Gasteiger partial charge in [-0.25, -0.2) is 4.79 Å². The number of amides is 4. The Kier molecular flexibility index (Phi) is 5.86. The van der Waals surface area contributed by atoms with E-state index in [0.717, 1.165) is 10.5 Å². The molecule has 2 aromatic carbocycles. The van der Waals surface area contributed by atoms with Gasteiger partial charge < -0.3 is 15.4 Å². The van der Waals surface area contributed by atoms with E-state index in [4.69, 9.17) is 16.3 Å². The molecule has 0 saturated carbocycles. The third-order valence-electron chi connectivity index (χ3n) is 4.74. The summed E-state index contributed by atoms with van der Waals surface area (Å²) in [6.07, 6.45) is 0. The molecule has 1 atom stereocenters. The zero-order valence-corrected chi connectivity index (χ0v) is 18.3. The number of carbonyl (C=O) groups is 3. The number of urea groups is 1. The predicted molar refractivity (Wildman–Crippen MR) is 113 cm³/mol. The lowest BCUT2D eigenvalue weighted by atomic mass is 9.92. The van der Waals surface area contributed by atoms with Crippen LogP contribution in [0.4, 0.5) is 10.5 Å². The summed E-state index contributed by atoms with van der Waals surface area (Å²) in [5.74, 6) is -0.669. The smallest absolute Gasteiger partial charge is 0.325 e. The first kappa shape index (κ1) is 21.1. The molecule has 1 aliphatic rings. The second-order valence-electron chi connectivity index (χ2n) is 6.78. The van der Waals surface area contributed by atoms with E-state index in [1.807, 2.05) is 6.07 Å². The topological polar surface area (TPSA) is 87.7 Å². The molecule has 0 radical (unpaired) electrons. The number of nitrogens with one attached hydrogen (secondary N) is 2. The van der Waals surface area contributed by atoms with Crippen LogP contribution in [0.15, 0.2) is 40.9 Å². The van der Waals surface area contributed by atoms with E-state index in [9.17, 15) is 14.4 Å². The predicted octanol–water partition coefficient (Wildman–Crippen LogP) is 3.83. The minimum absolute atomic E-state index is 0.379. The summed E-state index contributed by atoms with van der Waals surface area (Å²) in [4.78, 5) is 38.9. The molecule has 0 aliphatic carbocycles. The van der Waals surface area contributed by atoms with Crippen molar-refractivity contribution in [1.29, 1.82) is 0 Å². The Morgan fingerprint density at radius 1 is 1.31 bits per heavy atom. The summed E-state index contributed by atoms with van der Waals surface area (Å²) in [5.41, 5.74) is 0.488. The Morgan fingerprint density at radius 3 is 2.66 bits per heavy atom. The number of nitrogens with zero attached hydrogens (tertiary/aromatic N) is 1. The van der Waals surface area contributed by atoms with Crippen LogP contribution in [0, 0.1) is 6.92 Å². The number of methoxy groups -OCH3 is 1. The van der Waals surface area contributed by atoms with Crippen molar-refractivity contribution >= 4 is 51.1 Å². The van der Waals surface area contributed by atoms with Gasteiger partial charge in [0.2, 0.25) is 5.91 Å². The first-order valence-corrected chi connectivity index (χ1v) is 9.87. The SMILES string of the molecule is COc1cc(Cl)c(C)cc1NC(=O)CN1C(=O)NC(C)(c2ccccc2Br)C1=O. The van der Waals surface area contributed by atoms with Crippen LogP contribution < -0.4 is 15.4 Å². The van der Waals surface area contributed by atoms with Crippen LogP contribution in [0.1, 0.15) is 18.1 Å². The van der Waals surface area contributed by atoms with Crippen molar-refractivity contribution in [1.82, 2.24) is 10.2 Å². The lowest BCUT2D eigenvalue weighted by Gasteiger charge is -2.23. The van der Waals surface area contributed by atoms with Crippen LogP contribution in [0.25, 0.3) is 0 Å². The van der Waals surface area contributed by atoms with Crippen LogP contribution in [0.5, 0.6) is 5.75 Å². The number of ether oxygens (including phenoxy) is 1. The number of benzene rings is 2. The number of anilines is 1. The maximum absolute atomic E-state index is 13.0.